The normalized spacial score (nSPS) is 12.4. The number of hydrogen-bond donors (Lipinski definition) is 1. The molecule has 0 bridgehead atoms. The van der Waals surface area contributed by atoms with Crippen molar-refractivity contribution in [3.63, 3.8) is 0 Å². The van der Waals surface area contributed by atoms with E-state index in [1.54, 1.807) is 24.3 Å². The lowest BCUT2D eigenvalue weighted by Crippen LogP contribution is -2.05. The van der Waals surface area contributed by atoms with E-state index in [-0.39, 0.29) is 12.2 Å². The van der Waals surface area contributed by atoms with Crippen molar-refractivity contribution >= 4 is 27.5 Å². The van der Waals surface area contributed by atoms with Crippen LogP contribution in [0.2, 0.25) is 5.02 Å². The highest BCUT2D eigenvalue weighted by Crippen LogP contribution is 2.22. The number of halogens is 3. The molecule has 0 aliphatic heterocycles. The van der Waals surface area contributed by atoms with Crippen LogP contribution < -0.4 is 0 Å². The number of pyridine rings is 1. The van der Waals surface area contributed by atoms with Crippen molar-refractivity contribution in [3.05, 3.63) is 63.1 Å². The summed E-state index contributed by atoms with van der Waals surface area (Å²) in [5, 5.41) is 10.5. The first-order chi connectivity index (χ1) is 8.56. The number of nitrogens with zero attached hydrogens (tertiary/aromatic N) is 1. The van der Waals surface area contributed by atoms with E-state index >= 15 is 0 Å². The Bertz CT molecular complexity index is 547. The van der Waals surface area contributed by atoms with Crippen LogP contribution in [0, 0.1) is 5.82 Å². The second-order valence-electron chi connectivity index (χ2n) is 3.86. The highest BCUT2D eigenvalue weighted by atomic mass is 79.9. The van der Waals surface area contributed by atoms with Gasteiger partial charge < -0.3 is 5.11 Å². The second-order valence-corrected chi connectivity index (χ2v) is 5.21. The molecule has 0 saturated heterocycles. The molecule has 0 aliphatic rings. The molecular formula is C13H10BrClFNO. The van der Waals surface area contributed by atoms with Gasteiger partial charge in [0.05, 0.1) is 10.7 Å². The third-order valence-corrected chi connectivity index (χ3v) is 3.23. The Balaban J connectivity index is 2.18. The van der Waals surface area contributed by atoms with Crippen LogP contribution in [0.5, 0.6) is 0 Å². The van der Waals surface area contributed by atoms with Crippen LogP contribution in [-0.4, -0.2) is 10.1 Å². The van der Waals surface area contributed by atoms with Gasteiger partial charge in [-0.15, -0.1) is 0 Å². The minimum absolute atomic E-state index is 0.167. The van der Waals surface area contributed by atoms with E-state index in [1.165, 1.54) is 12.3 Å². The first kappa shape index (κ1) is 13.5. The number of aliphatic hydroxyl groups is 1. The maximum Gasteiger partial charge on any atom is 0.126 e. The highest BCUT2D eigenvalue weighted by molar-refractivity contribution is 9.10. The maximum absolute atomic E-state index is 13.5. The van der Waals surface area contributed by atoms with Crippen LogP contribution >= 0.6 is 27.5 Å². The average Bonchev–Trinajstić information content (AvgIpc) is 2.34. The summed E-state index contributed by atoms with van der Waals surface area (Å²) < 4.78 is 14.3. The third-order valence-electron chi connectivity index (χ3n) is 2.51. The monoisotopic (exact) mass is 329 g/mol. The van der Waals surface area contributed by atoms with Crippen LogP contribution in [-0.2, 0) is 6.42 Å². The van der Waals surface area contributed by atoms with Crippen LogP contribution in [0.4, 0.5) is 4.39 Å². The SMILES string of the molecule is OC(Cc1cc(Br)ccc1F)c1ccc(Cl)cn1. The van der Waals surface area contributed by atoms with Crippen LogP contribution in [0.15, 0.2) is 41.0 Å². The van der Waals surface area contributed by atoms with Gasteiger partial charge in [-0.25, -0.2) is 4.39 Å². The summed E-state index contributed by atoms with van der Waals surface area (Å²) in [5.74, 6) is -0.341. The molecule has 0 radical (unpaired) electrons. The number of benzene rings is 1. The summed E-state index contributed by atoms with van der Waals surface area (Å²) in [5.41, 5.74) is 0.910. The zero-order valence-corrected chi connectivity index (χ0v) is 11.6. The Morgan fingerprint density at radius 3 is 2.78 bits per heavy atom. The fourth-order valence-electron chi connectivity index (χ4n) is 1.60. The van der Waals surface area contributed by atoms with Gasteiger partial charge in [0.2, 0.25) is 0 Å². The fraction of sp³-hybridized carbons (Fsp3) is 0.154. The summed E-state index contributed by atoms with van der Waals surface area (Å²) in [6.07, 6.45) is 0.767. The van der Waals surface area contributed by atoms with Crippen molar-refractivity contribution in [2.45, 2.75) is 12.5 Å². The van der Waals surface area contributed by atoms with Gasteiger partial charge >= 0.3 is 0 Å². The number of rotatable bonds is 3. The Hall–Kier alpha value is -0.970. The number of aromatic nitrogens is 1. The predicted molar refractivity (Wildman–Crippen MR) is 72.0 cm³/mol. The molecule has 2 aromatic rings. The Morgan fingerprint density at radius 1 is 1.33 bits per heavy atom. The molecule has 1 heterocycles. The zero-order valence-electron chi connectivity index (χ0n) is 9.28. The van der Waals surface area contributed by atoms with Crippen molar-refractivity contribution in [3.8, 4) is 0 Å². The van der Waals surface area contributed by atoms with Gasteiger partial charge in [0.25, 0.3) is 0 Å². The molecule has 1 N–H and O–H groups in total. The Kier molecular flexibility index (Phi) is 4.32. The van der Waals surface area contributed by atoms with Gasteiger partial charge in [-0.1, -0.05) is 27.5 Å². The largest absolute Gasteiger partial charge is 0.386 e. The molecule has 5 heteroatoms. The summed E-state index contributed by atoms with van der Waals surface area (Å²) in [7, 11) is 0. The molecule has 0 aliphatic carbocycles. The molecule has 94 valence electrons. The molecule has 2 nitrogen and oxygen atoms in total. The molecule has 0 saturated carbocycles. The smallest absolute Gasteiger partial charge is 0.126 e. The van der Waals surface area contributed by atoms with Crippen molar-refractivity contribution in [1.29, 1.82) is 0 Å². The van der Waals surface area contributed by atoms with E-state index in [4.69, 9.17) is 11.6 Å². The number of hydrogen-bond acceptors (Lipinski definition) is 2. The molecule has 1 aromatic heterocycles. The minimum atomic E-state index is -0.855. The average molecular weight is 331 g/mol. The summed E-state index contributed by atoms with van der Waals surface area (Å²) in [6.45, 7) is 0. The summed E-state index contributed by atoms with van der Waals surface area (Å²) in [4.78, 5) is 4.01. The molecule has 0 amide bonds. The molecule has 0 spiro atoms. The van der Waals surface area contributed by atoms with Crippen LogP contribution in [0.1, 0.15) is 17.4 Å². The lowest BCUT2D eigenvalue weighted by atomic mass is 10.0. The topological polar surface area (TPSA) is 33.1 Å². The van der Waals surface area contributed by atoms with Gasteiger partial charge in [-0.05, 0) is 35.9 Å². The third kappa shape index (κ3) is 3.28. The first-order valence-corrected chi connectivity index (χ1v) is 6.47. The van der Waals surface area contributed by atoms with E-state index < -0.39 is 6.10 Å². The highest BCUT2D eigenvalue weighted by Gasteiger charge is 2.13. The van der Waals surface area contributed by atoms with Crippen molar-refractivity contribution in [1.82, 2.24) is 4.98 Å². The van der Waals surface area contributed by atoms with Crippen LogP contribution in [0.3, 0.4) is 0 Å². The second kappa shape index (κ2) is 5.78. The summed E-state index contributed by atoms with van der Waals surface area (Å²) >= 11 is 8.98. The molecule has 2 rings (SSSR count). The summed E-state index contributed by atoms with van der Waals surface area (Å²) in [6, 6.07) is 7.90. The maximum atomic E-state index is 13.5. The van der Waals surface area contributed by atoms with Gasteiger partial charge in [0.15, 0.2) is 0 Å². The standard InChI is InChI=1S/C13H10BrClFNO/c14-9-1-3-11(16)8(5-9)6-13(18)12-4-2-10(15)7-17-12/h1-5,7,13,18H,6H2. The first-order valence-electron chi connectivity index (χ1n) is 5.29. The molecular weight excluding hydrogens is 321 g/mol. The van der Waals surface area contributed by atoms with Crippen molar-refractivity contribution < 1.29 is 9.50 Å². The Morgan fingerprint density at radius 2 is 2.11 bits per heavy atom. The lowest BCUT2D eigenvalue weighted by Gasteiger charge is -2.11. The molecule has 1 aromatic carbocycles. The van der Waals surface area contributed by atoms with E-state index in [9.17, 15) is 9.50 Å². The molecule has 1 unspecified atom stereocenters. The van der Waals surface area contributed by atoms with Crippen LogP contribution in [0.25, 0.3) is 0 Å². The van der Waals surface area contributed by atoms with E-state index in [0.29, 0.717) is 16.3 Å². The van der Waals surface area contributed by atoms with E-state index in [1.807, 2.05) is 0 Å². The quantitative estimate of drug-likeness (QED) is 0.925. The molecule has 0 fully saturated rings. The lowest BCUT2D eigenvalue weighted by molar-refractivity contribution is 0.172. The van der Waals surface area contributed by atoms with E-state index in [2.05, 4.69) is 20.9 Å². The van der Waals surface area contributed by atoms with Gasteiger partial charge in [0.1, 0.15) is 11.9 Å². The molecule has 18 heavy (non-hydrogen) atoms. The predicted octanol–water partition coefficient (Wildman–Crippen LogP) is 3.91. The fourth-order valence-corrected chi connectivity index (χ4v) is 2.12. The van der Waals surface area contributed by atoms with Gasteiger partial charge in [-0.3, -0.25) is 4.98 Å². The van der Waals surface area contributed by atoms with Gasteiger partial charge in [0, 0.05) is 17.1 Å². The van der Waals surface area contributed by atoms with E-state index in [0.717, 1.165) is 4.47 Å². The minimum Gasteiger partial charge on any atom is -0.386 e. The van der Waals surface area contributed by atoms with Crippen molar-refractivity contribution in [2.24, 2.45) is 0 Å². The zero-order chi connectivity index (χ0) is 13.1. The molecule has 1 atom stereocenters. The Labute approximate surface area is 118 Å². The van der Waals surface area contributed by atoms with Crippen molar-refractivity contribution in [2.75, 3.05) is 0 Å². The number of aliphatic hydroxyl groups excluding tert-OH is 1. The van der Waals surface area contributed by atoms with Gasteiger partial charge in [-0.2, -0.15) is 0 Å².